The van der Waals surface area contributed by atoms with Gasteiger partial charge in [0.1, 0.15) is 33.8 Å². The Morgan fingerprint density at radius 3 is 1.43 bits per heavy atom. The number of rotatable bonds is 12. The highest BCUT2D eigenvalue weighted by Crippen LogP contribution is 2.39. The zero-order valence-corrected chi connectivity index (χ0v) is 27.2. The first kappa shape index (κ1) is 30.5. The van der Waals surface area contributed by atoms with Crippen molar-refractivity contribution in [3.63, 3.8) is 0 Å². The van der Waals surface area contributed by atoms with Crippen LogP contribution in [-0.2, 0) is 0 Å². The number of furan rings is 3. The van der Waals surface area contributed by atoms with Crippen molar-refractivity contribution < 1.29 is 22.1 Å². The summed E-state index contributed by atoms with van der Waals surface area (Å²) in [6.07, 6.45) is 4.43. The molecule has 242 valence electrons. The maximum Gasteiger partial charge on any atom is 0.347 e. The Labute approximate surface area is 270 Å². The third-order valence-corrected chi connectivity index (χ3v) is 8.85. The zero-order valence-electron chi connectivity index (χ0n) is 27.2. The number of hydrogen-bond donors (Lipinski definition) is 0. The second-order valence-corrected chi connectivity index (χ2v) is 11.9. The highest BCUT2D eigenvalue weighted by molar-refractivity contribution is 6.01. The molecule has 9 heteroatoms. The van der Waals surface area contributed by atoms with E-state index < -0.39 is 11.3 Å². The second-order valence-electron chi connectivity index (χ2n) is 11.9. The number of fused-ring (bicyclic) bond motifs is 5. The third kappa shape index (κ3) is 5.60. The molecule has 0 fully saturated rings. The Hall–Kier alpha value is -5.18. The van der Waals surface area contributed by atoms with E-state index in [-0.39, 0.29) is 11.1 Å². The van der Waals surface area contributed by atoms with Gasteiger partial charge in [-0.05, 0) is 63.1 Å². The van der Waals surface area contributed by atoms with E-state index in [0.29, 0.717) is 45.0 Å². The van der Waals surface area contributed by atoms with Gasteiger partial charge in [-0.25, -0.2) is 9.59 Å². The minimum atomic E-state index is -0.516. The molecule has 0 amide bonds. The van der Waals surface area contributed by atoms with Crippen molar-refractivity contribution >= 4 is 55.6 Å². The van der Waals surface area contributed by atoms with Gasteiger partial charge in [-0.1, -0.05) is 26.7 Å². The van der Waals surface area contributed by atoms with Crippen LogP contribution in [0.5, 0.6) is 0 Å². The van der Waals surface area contributed by atoms with Crippen LogP contribution in [0.25, 0.3) is 66.9 Å². The average Bonchev–Trinajstić information content (AvgIpc) is 3.76. The summed E-state index contributed by atoms with van der Waals surface area (Å²) in [7, 11) is 0. The fraction of sp³-hybridized carbons (Fsp3) is 0.316. The molecule has 0 saturated carbocycles. The zero-order chi connectivity index (χ0) is 32.7. The van der Waals surface area contributed by atoms with Gasteiger partial charge in [0, 0.05) is 72.6 Å². The Morgan fingerprint density at radius 1 is 0.511 bits per heavy atom. The topological polar surface area (TPSA) is 106 Å². The Morgan fingerprint density at radius 2 is 0.979 bits per heavy atom. The van der Waals surface area contributed by atoms with Crippen molar-refractivity contribution in [2.45, 2.75) is 53.4 Å². The summed E-state index contributed by atoms with van der Waals surface area (Å²) in [6.45, 7) is 12.2. The highest BCUT2D eigenvalue weighted by atomic mass is 16.4. The Bertz CT molecular complexity index is 2320. The summed E-state index contributed by atoms with van der Waals surface area (Å²) in [5.41, 5.74) is 4.14. The lowest BCUT2D eigenvalue weighted by Gasteiger charge is -2.24. The molecular weight excluding hydrogens is 596 g/mol. The van der Waals surface area contributed by atoms with E-state index in [4.69, 9.17) is 22.1 Å². The van der Waals surface area contributed by atoms with Crippen LogP contribution in [0.1, 0.15) is 53.4 Å². The van der Waals surface area contributed by atoms with E-state index in [0.717, 1.165) is 74.0 Å². The number of unbranched alkanes of at least 4 members (excludes halogenated alkanes) is 2. The molecule has 0 aliphatic heterocycles. The van der Waals surface area contributed by atoms with E-state index >= 15 is 0 Å². The molecule has 47 heavy (non-hydrogen) atoms. The summed E-state index contributed by atoms with van der Waals surface area (Å²) in [5, 5.41) is 1.57. The fourth-order valence-corrected chi connectivity index (χ4v) is 6.19. The smallest absolute Gasteiger partial charge is 0.347 e. The molecule has 5 heterocycles. The van der Waals surface area contributed by atoms with E-state index in [1.807, 2.05) is 30.3 Å². The largest absolute Gasteiger partial charge is 0.449 e. The maximum atomic E-state index is 13.2. The molecule has 0 aliphatic rings. The standard InChI is InChI=1S/C38H38N2O7/c1-5-9-15-40(16-10-6-2)26-14-12-24-18-28(38(42)47-30(24)20-26)32-22-34-36(45-32)35-33(43-34)21-31(44-35)27-17-23-11-13-25(39(7-3)8-4)19-29(23)46-37(27)41/h11-14,17-22H,5-10,15-16H2,1-4H3. The second kappa shape index (κ2) is 12.5. The summed E-state index contributed by atoms with van der Waals surface area (Å²) < 4.78 is 29.8. The molecule has 0 spiro atoms. The normalized spacial score (nSPS) is 11.8. The number of hydrogen-bond acceptors (Lipinski definition) is 9. The van der Waals surface area contributed by atoms with Crippen LogP contribution in [0.2, 0.25) is 0 Å². The van der Waals surface area contributed by atoms with Crippen LogP contribution in [0, 0.1) is 0 Å². The van der Waals surface area contributed by atoms with Gasteiger partial charge in [0.15, 0.2) is 11.2 Å². The van der Waals surface area contributed by atoms with E-state index in [1.54, 1.807) is 24.3 Å². The molecule has 0 saturated heterocycles. The number of benzene rings is 2. The van der Waals surface area contributed by atoms with Crippen LogP contribution in [0.3, 0.4) is 0 Å². The quantitative estimate of drug-likeness (QED) is 0.121. The van der Waals surface area contributed by atoms with Crippen LogP contribution in [0.4, 0.5) is 11.4 Å². The molecule has 0 bridgehead atoms. The monoisotopic (exact) mass is 634 g/mol. The molecule has 9 nitrogen and oxygen atoms in total. The van der Waals surface area contributed by atoms with Crippen molar-refractivity contribution in [1.82, 2.24) is 0 Å². The third-order valence-electron chi connectivity index (χ3n) is 8.85. The molecule has 5 aromatic heterocycles. The van der Waals surface area contributed by atoms with Gasteiger partial charge in [0.05, 0.1) is 0 Å². The van der Waals surface area contributed by atoms with Crippen molar-refractivity contribution in [2.75, 3.05) is 36.0 Å². The molecule has 0 atom stereocenters. The SMILES string of the molecule is CCCCN(CCCC)c1ccc2cc(-c3cc4oc5cc(-c6cc7ccc(N(CC)CC)cc7oc6=O)oc5c4o3)c(=O)oc2c1. The lowest BCUT2D eigenvalue weighted by Crippen LogP contribution is -2.25. The van der Waals surface area contributed by atoms with Crippen molar-refractivity contribution in [3.8, 4) is 22.6 Å². The van der Waals surface area contributed by atoms with Crippen LogP contribution in [0.15, 0.2) is 92.3 Å². The molecule has 0 N–H and O–H groups in total. The van der Waals surface area contributed by atoms with Crippen LogP contribution >= 0.6 is 0 Å². The fourth-order valence-electron chi connectivity index (χ4n) is 6.19. The minimum absolute atomic E-state index is 0.275. The minimum Gasteiger partial charge on any atom is -0.449 e. The van der Waals surface area contributed by atoms with Crippen LogP contribution in [-0.4, -0.2) is 26.2 Å². The van der Waals surface area contributed by atoms with Gasteiger partial charge in [0.25, 0.3) is 0 Å². The molecule has 0 unspecified atom stereocenters. The predicted molar refractivity (Wildman–Crippen MR) is 187 cm³/mol. The van der Waals surface area contributed by atoms with Crippen molar-refractivity contribution in [2.24, 2.45) is 0 Å². The molecular formula is C38H38N2O7. The summed E-state index contributed by atoms with van der Waals surface area (Å²) in [6, 6.07) is 18.7. The van der Waals surface area contributed by atoms with Gasteiger partial charge in [-0.2, -0.15) is 0 Å². The van der Waals surface area contributed by atoms with E-state index in [9.17, 15) is 9.59 Å². The Balaban J connectivity index is 1.21. The maximum absolute atomic E-state index is 13.2. The molecule has 0 radical (unpaired) electrons. The van der Waals surface area contributed by atoms with Crippen molar-refractivity contribution in [3.05, 3.63) is 81.5 Å². The molecule has 7 aromatic rings. The number of nitrogens with zero attached hydrogens (tertiary/aromatic N) is 2. The molecule has 0 aliphatic carbocycles. The summed E-state index contributed by atoms with van der Waals surface area (Å²) in [4.78, 5) is 30.8. The van der Waals surface area contributed by atoms with Gasteiger partial charge in [0.2, 0.25) is 11.2 Å². The van der Waals surface area contributed by atoms with E-state index in [2.05, 4.69) is 43.6 Å². The lowest BCUT2D eigenvalue weighted by molar-refractivity contribution is 0.550. The number of anilines is 2. The first-order valence-corrected chi connectivity index (χ1v) is 16.5. The van der Waals surface area contributed by atoms with Gasteiger partial charge >= 0.3 is 11.3 Å². The van der Waals surface area contributed by atoms with Gasteiger partial charge in [-0.3, -0.25) is 0 Å². The van der Waals surface area contributed by atoms with Crippen molar-refractivity contribution in [1.29, 1.82) is 0 Å². The Kier molecular flexibility index (Phi) is 8.14. The molecule has 7 rings (SSSR count). The van der Waals surface area contributed by atoms with Crippen LogP contribution < -0.4 is 21.1 Å². The van der Waals surface area contributed by atoms with Gasteiger partial charge < -0.3 is 31.9 Å². The summed E-state index contributed by atoms with van der Waals surface area (Å²) in [5.74, 6) is 0.607. The van der Waals surface area contributed by atoms with E-state index in [1.165, 1.54) is 0 Å². The van der Waals surface area contributed by atoms with Gasteiger partial charge in [-0.15, -0.1) is 0 Å². The lowest BCUT2D eigenvalue weighted by atomic mass is 10.1. The highest BCUT2D eigenvalue weighted by Gasteiger charge is 2.23. The first-order chi connectivity index (χ1) is 22.9. The summed E-state index contributed by atoms with van der Waals surface area (Å²) >= 11 is 0. The first-order valence-electron chi connectivity index (χ1n) is 16.5. The average molecular weight is 635 g/mol. The predicted octanol–water partition coefficient (Wildman–Crippen LogP) is 9.57. The molecule has 2 aromatic carbocycles.